The second kappa shape index (κ2) is 5.09. The molecule has 3 rings (SSSR count). The monoisotopic (exact) mass is 265 g/mol. The first kappa shape index (κ1) is 12.3. The van der Waals surface area contributed by atoms with Gasteiger partial charge in [-0.3, -0.25) is 0 Å². The van der Waals surface area contributed by atoms with Crippen molar-refractivity contribution in [2.24, 2.45) is 0 Å². The Hall–Kier alpha value is -2.75. The van der Waals surface area contributed by atoms with Gasteiger partial charge in [-0.25, -0.2) is 4.98 Å². The van der Waals surface area contributed by atoms with Gasteiger partial charge in [-0.05, 0) is 41.8 Å². The third-order valence-corrected chi connectivity index (χ3v) is 3.12. The minimum atomic E-state index is 0.746. The van der Waals surface area contributed by atoms with E-state index >= 15 is 0 Å². The summed E-state index contributed by atoms with van der Waals surface area (Å²) in [6, 6.07) is 15.5. The van der Waals surface area contributed by atoms with Crippen molar-refractivity contribution in [1.82, 2.24) is 4.98 Å². The number of nitrogens with one attached hydrogen (secondary N) is 1. The molecule has 0 atom stereocenters. The van der Waals surface area contributed by atoms with Crippen LogP contribution in [0, 0.1) is 0 Å². The molecule has 1 heterocycles. The summed E-state index contributed by atoms with van der Waals surface area (Å²) in [7, 11) is 1.65. The number of aromatic nitrogens is 1. The Morgan fingerprint density at radius 1 is 1.10 bits per heavy atom. The molecule has 0 aliphatic heterocycles. The Labute approximate surface area is 117 Å². The van der Waals surface area contributed by atoms with Gasteiger partial charge in [0, 0.05) is 29.0 Å². The van der Waals surface area contributed by atoms with Crippen LogP contribution in [0.25, 0.3) is 10.8 Å². The Balaban J connectivity index is 2.02. The molecule has 0 amide bonds. The fourth-order valence-electron chi connectivity index (χ4n) is 2.13. The van der Waals surface area contributed by atoms with Gasteiger partial charge in [0.15, 0.2) is 0 Å². The quantitative estimate of drug-likeness (QED) is 0.711. The minimum absolute atomic E-state index is 0.746. The minimum Gasteiger partial charge on any atom is -0.497 e. The van der Waals surface area contributed by atoms with Gasteiger partial charge in [0.05, 0.1) is 7.11 Å². The Morgan fingerprint density at radius 3 is 2.85 bits per heavy atom. The zero-order valence-electron chi connectivity index (χ0n) is 11.1. The van der Waals surface area contributed by atoms with Crippen molar-refractivity contribution in [1.29, 1.82) is 0 Å². The Morgan fingerprint density at radius 2 is 2.00 bits per heavy atom. The number of hydrogen-bond acceptors (Lipinski definition) is 4. The van der Waals surface area contributed by atoms with E-state index in [0.29, 0.717) is 0 Å². The number of nitrogens with zero attached hydrogens (tertiary/aromatic N) is 1. The van der Waals surface area contributed by atoms with Gasteiger partial charge in [0.1, 0.15) is 11.6 Å². The van der Waals surface area contributed by atoms with Crippen molar-refractivity contribution >= 4 is 28.0 Å². The van der Waals surface area contributed by atoms with E-state index in [2.05, 4.69) is 10.3 Å². The molecule has 0 radical (unpaired) electrons. The van der Waals surface area contributed by atoms with Crippen LogP contribution in [0.1, 0.15) is 0 Å². The van der Waals surface area contributed by atoms with Crippen LogP contribution in [0.4, 0.5) is 17.2 Å². The number of ether oxygens (including phenoxy) is 1. The number of fused-ring (bicyclic) bond motifs is 1. The number of rotatable bonds is 3. The van der Waals surface area contributed by atoms with Crippen LogP contribution in [0.5, 0.6) is 5.75 Å². The molecule has 0 bridgehead atoms. The van der Waals surface area contributed by atoms with E-state index in [9.17, 15) is 0 Å². The van der Waals surface area contributed by atoms with Crippen molar-refractivity contribution in [3.05, 3.63) is 54.7 Å². The summed E-state index contributed by atoms with van der Waals surface area (Å²) in [6.45, 7) is 0. The first-order valence-electron chi connectivity index (χ1n) is 6.31. The molecule has 0 unspecified atom stereocenters. The topological polar surface area (TPSA) is 60.2 Å². The number of methoxy groups -OCH3 is 1. The molecule has 4 heteroatoms. The lowest BCUT2D eigenvalue weighted by atomic mass is 10.1. The van der Waals surface area contributed by atoms with Crippen molar-refractivity contribution < 1.29 is 4.74 Å². The number of nitrogen functional groups attached to an aromatic ring is 1. The van der Waals surface area contributed by atoms with E-state index in [0.717, 1.165) is 33.7 Å². The highest BCUT2D eigenvalue weighted by Gasteiger charge is 2.04. The third kappa shape index (κ3) is 2.36. The molecule has 3 aromatic rings. The molecule has 1 aromatic heterocycles. The van der Waals surface area contributed by atoms with Crippen LogP contribution in [0.2, 0.25) is 0 Å². The molecule has 100 valence electrons. The normalized spacial score (nSPS) is 10.4. The van der Waals surface area contributed by atoms with Crippen molar-refractivity contribution in [3.8, 4) is 5.75 Å². The van der Waals surface area contributed by atoms with Gasteiger partial charge in [-0.1, -0.05) is 6.07 Å². The maximum absolute atomic E-state index is 5.81. The molecule has 0 fully saturated rings. The van der Waals surface area contributed by atoms with Gasteiger partial charge < -0.3 is 15.8 Å². The summed E-state index contributed by atoms with van der Waals surface area (Å²) in [5, 5.41) is 5.40. The fourth-order valence-corrected chi connectivity index (χ4v) is 2.13. The van der Waals surface area contributed by atoms with Gasteiger partial charge in [-0.15, -0.1) is 0 Å². The lowest BCUT2D eigenvalue weighted by Gasteiger charge is -2.10. The van der Waals surface area contributed by atoms with E-state index in [4.69, 9.17) is 10.5 Å². The third-order valence-electron chi connectivity index (χ3n) is 3.12. The highest BCUT2D eigenvalue weighted by Crippen LogP contribution is 2.27. The van der Waals surface area contributed by atoms with Crippen LogP contribution in [-0.2, 0) is 0 Å². The molecule has 0 saturated heterocycles. The first-order chi connectivity index (χ1) is 9.76. The maximum atomic E-state index is 5.81. The molecule has 4 nitrogen and oxygen atoms in total. The zero-order valence-corrected chi connectivity index (χ0v) is 11.1. The van der Waals surface area contributed by atoms with Crippen LogP contribution < -0.4 is 15.8 Å². The molecule has 0 aliphatic carbocycles. The SMILES string of the molecule is COc1cccc(Nc2nccc3cc(N)ccc23)c1. The highest BCUT2D eigenvalue weighted by atomic mass is 16.5. The molecule has 3 N–H and O–H groups in total. The van der Waals surface area contributed by atoms with Crippen molar-refractivity contribution in [2.75, 3.05) is 18.2 Å². The molecule has 2 aromatic carbocycles. The van der Waals surface area contributed by atoms with Crippen LogP contribution in [-0.4, -0.2) is 12.1 Å². The van der Waals surface area contributed by atoms with Crippen LogP contribution >= 0.6 is 0 Å². The summed E-state index contributed by atoms with van der Waals surface area (Å²) >= 11 is 0. The fraction of sp³-hybridized carbons (Fsp3) is 0.0625. The number of hydrogen-bond donors (Lipinski definition) is 2. The summed E-state index contributed by atoms with van der Waals surface area (Å²) < 4.78 is 5.22. The number of benzene rings is 2. The highest BCUT2D eigenvalue weighted by molar-refractivity contribution is 5.94. The number of anilines is 3. The summed E-state index contributed by atoms with van der Waals surface area (Å²) in [5.41, 5.74) is 7.49. The average molecular weight is 265 g/mol. The standard InChI is InChI=1S/C16H15N3O/c1-20-14-4-2-3-13(10-14)19-16-15-6-5-12(17)9-11(15)7-8-18-16/h2-10H,17H2,1H3,(H,18,19). The number of pyridine rings is 1. The summed E-state index contributed by atoms with van der Waals surface area (Å²) in [6.07, 6.45) is 1.77. The lowest BCUT2D eigenvalue weighted by Crippen LogP contribution is -1.95. The zero-order chi connectivity index (χ0) is 13.9. The predicted octanol–water partition coefficient (Wildman–Crippen LogP) is 3.57. The molecular weight excluding hydrogens is 250 g/mol. The van der Waals surface area contributed by atoms with Gasteiger partial charge in [0.2, 0.25) is 0 Å². The second-order valence-electron chi connectivity index (χ2n) is 4.50. The van der Waals surface area contributed by atoms with Gasteiger partial charge in [0.25, 0.3) is 0 Å². The average Bonchev–Trinajstić information content (AvgIpc) is 2.47. The van der Waals surface area contributed by atoms with Crippen LogP contribution in [0.15, 0.2) is 54.7 Å². The molecule has 0 aliphatic rings. The smallest absolute Gasteiger partial charge is 0.138 e. The molecular formula is C16H15N3O. The lowest BCUT2D eigenvalue weighted by molar-refractivity contribution is 0.415. The molecule has 20 heavy (non-hydrogen) atoms. The van der Waals surface area contributed by atoms with Gasteiger partial charge >= 0.3 is 0 Å². The van der Waals surface area contributed by atoms with E-state index in [1.807, 2.05) is 48.5 Å². The predicted molar refractivity (Wildman–Crippen MR) is 82.4 cm³/mol. The van der Waals surface area contributed by atoms with E-state index in [1.54, 1.807) is 13.3 Å². The summed E-state index contributed by atoms with van der Waals surface area (Å²) in [4.78, 5) is 4.39. The molecule has 0 spiro atoms. The second-order valence-corrected chi connectivity index (χ2v) is 4.50. The van der Waals surface area contributed by atoms with E-state index < -0.39 is 0 Å². The Bertz CT molecular complexity index is 756. The van der Waals surface area contributed by atoms with Crippen LogP contribution in [0.3, 0.4) is 0 Å². The maximum Gasteiger partial charge on any atom is 0.138 e. The van der Waals surface area contributed by atoms with Crippen molar-refractivity contribution in [3.63, 3.8) is 0 Å². The number of nitrogens with two attached hydrogens (primary N) is 1. The first-order valence-corrected chi connectivity index (χ1v) is 6.31. The van der Waals surface area contributed by atoms with Gasteiger partial charge in [-0.2, -0.15) is 0 Å². The van der Waals surface area contributed by atoms with E-state index in [-0.39, 0.29) is 0 Å². The largest absolute Gasteiger partial charge is 0.497 e. The molecule has 0 saturated carbocycles. The van der Waals surface area contributed by atoms with E-state index in [1.165, 1.54) is 0 Å². The Kier molecular flexibility index (Phi) is 3.13. The van der Waals surface area contributed by atoms with Crippen molar-refractivity contribution in [2.45, 2.75) is 0 Å². The summed E-state index contributed by atoms with van der Waals surface area (Å²) in [5.74, 6) is 1.61.